The van der Waals surface area contributed by atoms with Crippen LogP contribution >= 0.6 is 15.9 Å². The van der Waals surface area contributed by atoms with E-state index in [0.29, 0.717) is 12.4 Å². The molecular weight excluding hydrogens is 300 g/mol. The number of carboxylic acid groups (broad SMARTS) is 1. The fraction of sp³-hybridized carbons (Fsp3) is 0.154. The number of halogens is 1. The molecule has 0 saturated carbocycles. The van der Waals surface area contributed by atoms with E-state index >= 15 is 0 Å². The van der Waals surface area contributed by atoms with Gasteiger partial charge in [-0.3, -0.25) is 0 Å². The molecule has 0 spiro atoms. The van der Waals surface area contributed by atoms with Crippen LogP contribution in [0.4, 0.5) is 0 Å². The lowest BCUT2D eigenvalue weighted by Crippen LogP contribution is -1.94. The Balaban J connectivity index is 1.84. The molecule has 0 unspecified atom stereocenters. The summed E-state index contributed by atoms with van der Waals surface area (Å²) >= 11 is 3.36. The van der Waals surface area contributed by atoms with E-state index in [0.717, 1.165) is 10.0 Å². The van der Waals surface area contributed by atoms with E-state index in [-0.39, 0.29) is 12.4 Å². The topological polar surface area (TPSA) is 59.7 Å². The third-order valence-electron chi connectivity index (χ3n) is 2.30. The van der Waals surface area contributed by atoms with Crippen molar-refractivity contribution in [3.05, 3.63) is 58.0 Å². The third-order valence-corrected chi connectivity index (χ3v) is 2.83. The van der Waals surface area contributed by atoms with Crippen LogP contribution < -0.4 is 0 Å². The number of carbonyl (C=O) groups is 1. The minimum atomic E-state index is -1.07. The second-order valence-corrected chi connectivity index (χ2v) is 4.61. The van der Waals surface area contributed by atoms with Gasteiger partial charge in [-0.25, -0.2) is 4.79 Å². The second-order valence-electron chi connectivity index (χ2n) is 3.69. The largest absolute Gasteiger partial charge is 0.475 e. The third kappa shape index (κ3) is 3.45. The lowest BCUT2D eigenvalue weighted by atomic mass is 10.2. The van der Waals surface area contributed by atoms with Crippen LogP contribution in [-0.4, -0.2) is 11.1 Å². The summed E-state index contributed by atoms with van der Waals surface area (Å²) in [6.07, 6.45) is 0. The summed E-state index contributed by atoms with van der Waals surface area (Å²) in [5, 5.41) is 8.69. The number of benzene rings is 1. The van der Waals surface area contributed by atoms with Crippen molar-refractivity contribution < 1.29 is 19.1 Å². The average Bonchev–Trinajstić information content (AvgIpc) is 2.81. The fourth-order valence-corrected chi connectivity index (χ4v) is 1.68. The van der Waals surface area contributed by atoms with E-state index in [9.17, 15) is 4.79 Å². The molecule has 0 fully saturated rings. The maximum atomic E-state index is 10.6. The Morgan fingerprint density at radius 1 is 1.17 bits per heavy atom. The highest BCUT2D eigenvalue weighted by Gasteiger charge is 2.08. The van der Waals surface area contributed by atoms with Gasteiger partial charge in [0.2, 0.25) is 5.76 Å². The molecule has 0 aliphatic carbocycles. The number of carboxylic acids is 1. The van der Waals surface area contributed by atoms with E-state index < -0.39 is 5.97 Å². The molecule has 1 N–H and O–H groups in total. The summed E-state index contributed by atoms with van der Waals surface area (Å²) in [6.45, 7) is 0.708. The summed E-state index contributed by atoms with van der Waals surface area (Å²) in [6, 6.07) is 10.8. The van der Waals surface area contributed by atoms with Gasteiger partial charge < -0.3 is 14.3 Å². The lowest BCUT2D eigenvalue weighted by Gasteiger charge is -2.02. The van der Waals surface area contributed by atoms with Crippen molar-refractivity contribution in [2.75, 3.05) is 0 Å². The molecule has 18 heavy (non-hydrogen) atoms. The van der Waals surface area contributed by atoms with Gasteiger partial charge in [-0.05, 0) is 29.8 Å². The molecule has 1 aromatic carbocycles. The van der Waals surface area contributed by atoms with Gasteiger partial charge in [0, 0.05) is 4.47 Å². The van der Waals surface area contributed by atoms with E-state index in [1.54, 1.807) is 6.07 Å². The molecule has 0 aliphatic rings. The van der Waals surface area contributed by atoms with Gasteiger partial charge in [0.25, 0.3) is 0 Å². The maximum Gasteiger partial charge on any atom is 0.371 e. The molecule has 0 bridgehead atoms. The van der Waals surface area contributed by atoms with Crippen molar-refractivity contribution in [2.24, 2.45) is 0 Å². The minimum Gasteiger partial charge on any atom is -0.475 e. The van der Waals surface area contributed by atoms with E-state index in [1.165, 1.54) is 6.07 Å². The fourth-order valence-electron chi connectivity index (χ4n) is 1.42. The number of rotatable bonds is 5. The standard InChI is InChI=1S/C13H11BrO4/c14-10-3-1-9(2-4-10)7-17-8-11-5-6-12(18-11)13(15)16/h1-6H,7-8H2,(H,15,16). The summed E-state index contributed by atoms with van der Waals surface area (Å²) in [5.74, 6) is -0.643. The summed E-state index contributed by atoms with van der Waals surface area (Å²) < 4.78 is 11.5. The summed E-state index contributed by atoms with van der Waals surface area (Å²) in [7, 11) is 0. The molecule has 94 valence electrons. The van der Waals surface area contributed by atoms with E-state index in [4.69, 9.17) is 14.3 Å². The Kier molecular flexibility index (Phi) is 4.17. The number of hydrogen-bond donors (Lipinski definition) is 1. The SMILES string of the molecule is O=C(O)c1ccc(COCc2ccc(Br)cc2)o1. The van der Waals surface area contributed by atoms with Gasteiger partial charge in [0.15, 0.2) is 0 Å². The molecule has 0 radical (unpaired) electrons. The van der Waals surface area contributed by atoms with Crippen LogP contribution in [0.1, 0.15) is 21.9 Å². The Morgan fingerprint density at radius 2 is 1.89 bits per heavy atom. The molecule has 4 nitrogen and oxygen atoms in total. The lowest BCUT2D eigenvalue weighted by molar-refractivity contribution is 0.0641. The Morgan fingerprint density at radius 3 is 2.50 bits per heavy atom. The Bertz CT molecular complexity index is 530. The Labute approximate surface area is 112 Å². The van der Waals surface area contributed by atoms with Crippen molar-refractivity contribution in [1.82, 2.24) is 0 Å². The van der Waals surface area contributed by atoms with Crippen LogP contribution in [0.3, 0.4) is 0 Å². The van der Waals surface area contributed by atoms with Gasteiger partial charge >= 0.3 is 5.97 Å². The number of ether oxygens (including phenoxy) is 1. The smallest absolute Gasteiger partial charge is 0.371 e. The molecule has 0 aliphatic heterocycles. The zero-order chi connectivity index (χ0) is 13.0. The molecule has 5 heteroatoms. The zero-order valence-electron chi connectivity index (χ0n) is 9.43. The number of furan rings is 1. The first kappa shape index (κ1) is 12.9. The average molecular weight is 311 g/mol. The second kappa shape index (κ2) is 5.84. The molecular formula is C13H11BrO4. The summed E-state index contributed by atoms with van der Waals surface area (Å²) in [5.41, 5.74) is 1.04. The first-order valence-electron chi connectivity index (χ1n) is 5.29. The van der Waals surface area contributed by atoms with E-state index in [1.807, 2.05) is 24.3 Å². The first-order valence-corrected chi connectivity index (χ1v) is 6.08. The molecule has 0 saturated heterocycles. The van der Waals surface area contributed by atoms with Crippen LogP contribution in [0.2, 0.25) is 0 Å². The van der Waals surface area contributed by atoms with Crippen molar-refractivity contribution in [3.8, 4) is 0 Å². The monoisotopic (exact) mass is 310 g/mol. The summed E-state index contributed by atoms with van der Waals surface area (Å²) in [4.78, 5) is 10.6. The molecule has 1 heterocycles. The van der Waals surface area contributed by atoms with Crippen LogP contribution in [0, 0.1) is 0 Å². The predicted molar refractivity (Wildman–Crippen MR) is 68.3 cm³/mol. The quantitative estimate of drug-likeness (QED) is 0.918. The van der Waals surface area contributed by atoms with Crippen molar-refractivity contribution in [3.63, 3.8) is 0 Å². The normalized spacial score (nSPS) is 10.5. The zero-order valence-corrected chi connectivity index (χ0v) is 11.0. The maximum absolute atomic E-state index is 10.6. The molecule has 0 atom stereocenters. The van der Waals surface area contributed by atoms with Gasteiger partial charge in [-0.15, -0.1) is 0 Å². The van der Waals surface area contributed by atoms with Crippen LogP contribution in [0.25, 0.3) is 0 Å². The van der Waals surface area contributed by atoms with Crippen LogP contribution in [-0.2, 0) is 18.0 Å². The predicted octanol–water partition coefficient (Wildman–Crippen LogP) is 3.46. The van der Waals surface area contributed by atoms with Crippen molar-refractivity contribution in [2.45, 2.75) is 13.2 Å². The highest BCUT2D eigenvalue weighted by atomic mass is 79.9. The number of aromatic carboxylic acids is 1. The highest BCUT2D eigenvalue weighted by Crippen LogP contribution is 2.13. The van der Waals surface area contributed by atoms with Crippen LogP contribution in [0.15, 0.2) is 45.3 Å². The first-order chi connectivity index (χ1) is 8.65. The Hall–Kier alpha value is -1.59. The van der Waals surface area contributed by atoms with Crippen molar-refractivity contribution >= 4 is 21.9 Å². The van der Waals surface area contributed by atoms with Gasteiger partial charge in [-0.2, -0.15) is 0 Å². The van der Waals surface area contributed by atoms with E-state index in [2.05, 4.69) is 15.9 Å². The van der Waals surface area contributed by atoms with Gasteiger partial charge in [0.05, 0.1) is 6.61 Å². The minimum absolute atomic E-state index is 0.0720. The van der Waals surface area contributed by atoms with Gasteiger partial charge in [0.1, 0.15) is 12.4 Å². The van der Waals surface area contributed by atoms with Crippen LogP contribution in [0.5, 0.6) is 0 Å². The highest BCUT2D eigenvalue weighted by molar-refractivity contribution is 9.10. The van der Waals surface area contributed by atoms with Crippen molar-refractivity contribution in [1.29, 1.82) is 0 Å². The number of hydrogen-bond acceptors (Lipinski definition) is 3. The molecule has 2 rings (SSSR count). The molecule has 1 aromatic heterocycles. The van der Waals surface area contributed by atoms with Gasteiger partial charge in [-0.1, -0.05) is 28.1 Å². The molecule has 2 aromatic rings. The molecule has 0 amide bonds.